The van der Waals surface area contributed by atoms with Crippen molar-refractivity contribution in [3.63, 3.8) is 0 Å². The lowest BCUT2D eigenvalue weighted by atomic mass is 10.3. The van der Waals surface area contributed by atoms with Gasteiger partial charge in [0.15, 0.2) is 0 Å². The van der Waals surface area contributed by atoms with Crippen molar-refractivity contribution in [1.82, 2.24) is 0 Å². The summed E-state index contributed by atoms with van der Waals surface area (Å²) in [4.78, 5) is 0. The van der Waals surface area contributed by atoms with Gasteiger partial charge in [-0.2, -0.15) is 0 Å². The lowest BCUT2D eigenvalue weighted by Gasteiger charge is -2.01. The highest BCUT2D eigenvalue weighted by Crippen LogP contribution is 2.14. The van der Waals surface area contributed by atoms with E-state index in [0.717, 1.165) is 16.7 Å². The van der Waals surface area contributed by atoms with E-state index in [1.807, 2.05) is 24.3 Å². The summed E-state index contributed by atoms with van der Waals surface area (Å²) in [6.45, 7) is 4.38. The van der Waals surface area contributed by atoms with Crippen LogP contribution in [0.25, 0.3) is 0 Å². The third-order valence-corrected chi connectivity index (χ3v) is 1.69. The monoisotopic (exact) mass is 210 g/mol. The highest BCUT2D eigenvalue weighted by molar-refractivity contribution is 9.10. The van der Waals surface area contributed by atoms with Gasteiger partial charge in [0.2, 0.25) is 0 Å². The molecule has 1 aromatic carbocycles. The maximum absolute atomic E-state index is 3.61. The van der Waals surface area contributed by atoms with E-state index in [2.05, 4.69) is 33.9 Å². The maximum atomic E-state index is 3.61. The normalized spacial score (nSPS) is 9.18. The van der Waals surface area contributed by atoms with Crippen LogP contribution in [0.2, 0.25) is 0 Å². The van der Waals surface area contributed by atoms with Crippen LogP contribution in [0.3, 0.4) is 0 Å². The van der Waals surface area contributed by atoms with E-state index < -0.39 is 0 Å². The molecule has 1 rings (SSSR count). The van der Waals surface area contributed by atoms with E-state index in [9.17, 15) is 0 Å². The Balaban J connectivity index is 2.63. The Kier molecular flexibility index (Phi) is 3.17. The van der Waals surface area contributed by atoms with Crippen LogP contribution in [-0.4, -0.2) is 6.54 Å². The number of hydrogen-bond acceptors (Lipinski definition) is 1. The first-order valence-corrected chi connectivity index (χ1v) is 4.14. The molecular weight excluding hydrogens is 202 g/mol. The molecular formula is C9H9BrN. The lowest BCUT2D eigenvalue weighted by Crippen LogP contribution is -1.96. The molecule has 11 heavy (non-hydrogen) atoms. The lowest BCUT2D eigenvalue weighted by molar-refractivity contribution is 1.34. The van der Waals surface area contributed by atoms with Crippen LogP contribution < -0.4 is 5.32 Å². The molecule has 0 unspecified atom stereocenters. The zero-order chi connectivity index (χ0) is 8.10. The van der Waals surface area contributed by atoms with Crippen molar-refractivity contribution in [3.8, 4) is 0 Å². The molecule has 0 bridgehead atoms. The van der Waals surface area contributed by atoms with Crippen LogP contribution >= 0.6 is 15.9 Å². The minimum Gasteiger partial charge on any atom is -0.381 e. The topological polar surface area (TPSA) is 12.0 Å². The third-order valence-electron chi connectivity index (χ3n) is 1.20. The first kappa shape index (κ1) is 8.34. The van der Waals surface area contributed by atoms with Gasteiger partial charge >= 0.3 is 0 Å². The van der Waals surface area contributed by atoms with Crippen LogP contribution in [0.15, 0.2) is 35.3 Å². The summed E-state index contributed by atoms with van der Waals surface area (Å²) in [5.41, 5.74) is 0.985. The number of rotatable bonds is 3. The number of benzene rings is 1. The maximum Gasteiger partial charge on any atom is 0.0434 e. The number of nitrogens with one attached hydrogen (secondary N) is 1. The van der Waals surface area contributed by atoms with E-state index in [1.165, 1.54) is 0 Å². The summed E-state index contributed by atoms with van der Waals surface area (Å²) in [7, 11) is 0. The standard InChI is InChI=1S/C9H9BrN/c1-2-6-11-9-5-3-4-8(10)7-9/h2-4,7,11H,1,6H2. The van der Waals surface area contributed by atoms with E-state index in [-0.39, 0.29) is 0 Å². The molecule has 0 aliphatic rings. The number of halogens is 1. The molecule has 1 nitrogen and oxygen atoms in total. The molecule has 1 radical (unpaired) electrons. The minimum absolute atomic E-state index is 0.771. The summed E-state index contributed by atoms with van der Waals surface area (Å²) in [5.74, 6) is 0. The van der Waals surface area contributed by atoms with Gasteiger partial charge in [0.25, 0.3) is 0 Å². The second-order valence-electron chi connectivity index (χ2n) is 2.09. The van der Waals surface area contributed by atoms with Crippen molar-refractivity contribution in [2.45, 2.75) is 0 Å². The van der Waals surface area contributed by atoms with Gasteiger partial charge in [0, 0.05) is 22.8 Å². The average Bonchev–Trinajstić information content (AvgIpc) is 2.01. The summed E-state index contributed by atoms with van der Waals surface area (Å²) in [6, 6.07) is 8.84. The summed E-state index contributed by atoms with van der Waals surface area (Å²) >= 11 is 3.37. The first-order valence-electron chi connectivity index (χ1n) is 3.35. The Hall–Kier alpha value is -0.760. The summed E-state index contributed by atoms with van der Waals surface area (Å²) < 4.78 is 1.06. The Morgan fingerprint density at radius 2 is 2.55 bits per heavy atom. The van der Waals surface area contributed by atoms with Gasteiger partial charge in [-0.3, -0.25) is 0 Å². The molecule has 0 saturated carbocycles. The van der Waals surface area contributed by atoms with Gasteiger partial charge in [-0.25, -0.2) is 0 Å². The van der Waals surface area contributed by atoms with Gasteiger partial charge < -0.3 is 5.32 Å². The molecule has 1 aromatic rings. The quantitative estimate of drug-likeness (QED) is 0.758. The highest BCUT2D eigenvalue weighted by Gasteiger charge is 1.89. The molecule has 57 valence electrons. The van der Waals surface area contributed by atoms with Crippen LogP contribution in [0.4, 0.5) is 5.69 Å². The predicted molar refractivity (Wildman–Crippen MR) is 51.7 cm³/mol. The smallest absolute Gasteiger partial charge is 0.0434 e. The molecule has 0 amide bonds. The highest BCUT2D eigenvalue weighted by atomic mass is 79.9. The second-order valence-corrected chi connectivity index (χ2v) is 3.01. The van der Waals surface area contributed by atoms with Gasteiger partial charge in [-0.1, -0.05) is 28.1 Å². The van der Waals surface area contributed by atoms with Crippen molar-refractivity contribution < 1.29 is 0 Å². The van der Waals surface area contributed by atoms with E-state index >= 15 is 0 Å². The molecule has 1 N–H and O–H groups in total. The minimum atomic E-state index is 0.771. The molecule has 2 heteroatoms. The average molecular weight is 211 g/mol. The van der Waals surface area contributed by atoms with Crippen molar-refractivity contribution in [1.29, 1.82) is 0 Å². The largest absolute Gasteiger partial charge is 0.381 e. The van der Waals surface area contributed by atoms with Crippen LogP contribution in [0.5, 0.6) is 0 Å². The molecule has 0 saturated heterocycles. The van der Waals surface area contributed by atoms with Crippen molar-refractivity contribution >= 4 is 21.6 Å². The predicted octanol–water partition coefficient (Wildman–Crippen LogP) is 2.85. The zero-order valence-corrected chi connectivity index (χ0v) is 7.69. The van der Waals surface area contributed by atoms with E-state index in [0.29, 0.717) is 0 Å². The van der Waals surface area contributed by atoms with Crippen molar-refractivity contribution in [2.24, 2.45) is 0 Å². The van der Waals surface area contributed by atoms with Crippen molar-refractivity contribution in [2.75, 3.05) is 11.9 Å². The van der Waals surface area contributed by atoms with Crippen LogP contribution in [-0.2, 0) is 0 Å². The molecule has 0 heterocycles. The first-order chi connectivity index (χ1) is 5.33. The molecule has 0 fully saturated rings. The third kappa shape index (κ3) is 2.76. The fourth-order valence-corrected chi connectivity index (χ4v) is 1.08. The summed E-state index contributed by atoms with van der Waals surface area (Å²) in [6.07, 6.45) is 1.81. The van der Waals surface area contributed by atoms with E-state index in [1.54, 1.807) is 0 Å². The van der Waals surface area contributed by atoms with Gasteiger partial charge in [-0.15, -0.1) is 6.58 Å². The van der Waals surface area contributed by atoms with Crippen LogP contribution in [0.1, 0.15) is 0 Å². The second kappa shape index (κ2) is 4.19. The Morgan fingerprint density at radius 3 is 3.18 bits per heavy atom. The summed E-state index contributed by atoms with van der Waals surface area (Å²) in [5, 5.41) is 3.13. The number of anilines is 1. The fourth-order valence-electron chi connectivity index (χ4n) is 0.723. The fraction of sp³-hybridized carbons (Fsp3) is 0.111. The van der Waals surface area contributed by atoms with Gasteiger partial charge in [0.1, 0.15) is 0 Å². The molecule has 0 atom stereocenters. The van der Waals surface area contributed by atoms with E-state index in [4.69, 9.17) is 0 Å². The Morgan fingerprint density at radius 1 is 1.73 bits per heavy atom. The Bertz CT molecular complexity index is 245. The molecule has 0 aliphatic heterocycles. The SMILES string of the molecule is C=CCNc1[c]ccc(Br)c1. The number of hydrogen-bond donors (Lipinski definition) is 1. The molecule has 0 aromatic heterocycles. The van der Waals surface area contributed by atoms with Crippen LogP contribution in [0, 0.1) is 6.07 Å². The van der Waals surface area contributed by atoms with Gasteiger partial charge in [0.05, 0.1) is 0 Å². The zero-order valence-electron chi connectivity index (χ0n) is 6.10. The van der Waals surface area contributed by atoms with Gasteiger partial charge in [-0.05, 0) is 12.1 Å². The molecule has 0 spiro atoms. The molecule has 0 aliphatic carbocycles. The Labute approximate surface area is 75.3 Å². The van der Waals surface area contributed by atoms with Crippen molar-refractivity contribution in [3.05, 3.63) is 41.4 Å².